The molecule has 1 aliphatic rings. The summed E-state index contributed by atoms with van der Waals surface area (Å²) in [6.07, 6.45) is -4.94. The van der Waals surface area contributed by atoms with E-state index in [1.807, 2.05) is 0 Å². The van der Waals surface area contributed by atoms with Gasteiger partial charge in [-0.25, -0.2) is 9.38 Å². The summed E-state index contributed by atoms with van der Waals surface area (Å²) in [4.78, 5) is 40.9. The number of amides is 2. The third kappa shape index (κ3) is 7.36. The molecule has 0 saturated heterocycles. The Morgan fingerprint density at radius 2 is 1.95 bits per heavy atom. The van der Waals surface area contributed by atoms with Gasteiger partial charge in [0.05, 0.1) is 55.1 Å². The van der Waals surface area contributed by atoms with E-state index in [-0.39, 0.29) is 27.8 Å². The van der Waals surface area contributed by atoms with Crippen molar-refractivity contribution in [3.63, 3.8) is 0 Å². The van der Waals surface area contributed by atoms with E-state index in [1.165, 1.54) is 24.4 Å². The Kier molecular flexibility index (Phi) is 8.75. The number of aliphatic imine (C=N–C) groups is 1. The number of carbonyl (C=O) groups excluding carboxylic acids is 2. The van der Waals surface area contributed by atoms with Gasteiger partial charge in [-0.15, -0.1) is 0 Å². The second kappa shape index (κ2) is 12.1. The first-order valence-corrected chi connectivity index (χ1v) is 12.8. The molecule has 0 radical (unpaired) electrons. The van der Waals surface area contributed by atoms with Gasteiger partial charge in [0.25, 0.3) is 5.91 Å². The highest BCUT2D eigenvalue weighted by molar-refractivity contribution is 14.1. The van der Waals surface area contributed by atoms with Crippen molar-refractivity contribution in [2.45, 2.75) is 24.8 Å². The number of aromatic amines is 1. The standard InChI is InChI=1S/C24H22F4IN7O4/c25-14-7-31-23(32-8-14)35-18-3-12(4-19-16(18)9-33-36-19)22(40)30-10-20(37)34-17(6-21(38)39)11-1-13(24(26,27)28)5-15(29)2-11/h1-5,9,14,17H,6-8,10H2,(H,30,40)(H,33,36)(H,34,37)(H,38,39)(H2,31,32,35)/t17-/m0/s1. The highest BCUT2D eigenvalue weighted by Crippen LogP contribution is 2.33. The smallest absolute Gasteiger partial charge is 0.416 e. The number of carboxylic acid groups (broad SMARTS) is 1. The largest absolute Gasteiger partial charge is 0.481 e. The second-order valence-electron chi connectivity index (χ2n) is 8.82. The molecule has 11 nitrogen and oxygen atoms in total. The topological polar surface area (TPSA) is 161 Å². The van der Waals surface area contributed by atoms with Crippen LogP contribution >= 0.6 is 22.6 Å². The summed E-state index contributed by atoms with van der Waals surface area (Å²) in [5, 5.41) is 27.2. The predicted octanol–water partition coefficient (Wildman–Crippen LogP) is 2.96. The number of carbonyl (C=O) groups is 3. The van der Waals surface area contributed by atoms with E-state index in [9.17, 15) is 37.1 Å². The molecular weight excluding hydrogens is 653 g/mol. The summed E-state index contributed by atoms with van der Waals surface area (Å²) in [7, 11) is 0. The third-order valence-electron chi connectivity index (χ3n) is 5.79. The van der Waals surface area contributed by atoms with E-state index in [0.29, 0.717) is 22.5 Å². The molecule has 212 valence electrons. The van der Waals surface area contributed by atoms with Crippen molar-refractivity contribution in [2.75, 3.05) is 25.0 Å². The van der Waals surface area contributed by atoms with Gasteiger partial charge in [-0.3, -0.25) is 19.5 Å². The van der Waals surface area contributed by atoms with E-state index < -0.39 is 54.7 Å². The number of benzene rings is 2. The highest BCUT2D eigenvalue weighted by Gasteiger charge is 2.32. The van der Waals surface area contributed by atoms with Crippen LogP contribution in [0.15, 0.2) is 41.5 Å². The molecule has 0 bridgehead atoms. The first-order valence-electron chi connectivity index (χ1n) is 11.7. The van der Waals surface area contributed by atoms with Crippen LogP contribution in [-0.2, 0) is 15.8 Å². The van der Waals surface area contributed by atoms with Crippen molar-refractivity contribution >= 4 is 62.9 Å². The molecule has 2 atom stereocenters. The van der Waals surface area contributed by atoms with Crippen LogP contribution in [0.3, 0.4) is 0 Å². The van der Waals surface area contributed by atoms with Gasteiger partial charge in [-0.1, -0.05) is 0 Å². The van der Waals surface area contributed by atoms with Gasteiger partial charge in [0.1, 0.15) is 6.17 Å². The number of nitrogens with one attached hydrogen (secondary N) is 5. The van der Waals surface area contributed by atoms with Gasteiger partial charge in [0.15, 0.2) is 5.96 Å². The first kappa shape index (κ1) is 29.0. The van der Waals surface area contributed by atoms with E-state index in [2.05, 4.69) is 36.5 Å². The minimum absolute atomic E-state index is 0.0261. The maximum atomic E-state index is 13.4. The van der Waals surface area contributed by atoms with Crippen LogP contribution in [0.4, 0.5) is 23.2 Å². The van der Waals surface area contributed by atoms with E-state index in [0.717, 1.165) is 12.1 Å². The number of carboxylic acids is 1. The van der Waals surface area contributed by atoms with Crippen LogP contribution in [0.2, 0.25) is 0 Å². The van der Waals surface area contributed by atoms with Gasteiger partial charge in [0.2, 0.25) is 5.91 Å². The lowest BCUT2D eigenvalue weighted by atomic mass is 10.0. The fourth-order valence-corrected chi connectivity index (χ4v) is 4.62. The number of H-pyrrole nitrogens is 1. The van der Waals surface area contributed by atoms with Crippen LogP contribution < -0.4 is 21.3 Å². The summed E-state index contributed by atoms with van der Waals surface area (Å²) in [6, 6.07) is 4.72. The molecule has 0 saturated carbocycles. The lowest BCUT2D eigenvalue weighted by Crippen LogP contribution is -2.41. The number of anilines is 1. The number of guanidine groups is 1. The number of alkyl halides is 4. The second-order valence-corrected chi connectivity index (χ2v) is 10.1. The number of hydrogen-bond donors (Lipinski definition) is 6. The first-order chi connectivity index (χ1) is 18.9. The zero-order valence-electron chi connectivity index (χ0n) is 20.4. The molecule has 2 aromatic carbocycles. The molecule has 16 heteroatoms. The molecule has 1 unspecified atom stereocenters. The zero-order valence-corrected chi connectivity index (χ0v) is 22.6. The molecule has 3 aromatic rings. The molecule has 1 aliphatic heterocycles. The molecule has 6 N–H and O–H groups in total. The highest BCUT2D eigenvalue weighted by atomic mass is 127. The molecule has 4 rings (SSSR count). The molecular formula is C24H22F4IN7O4. The summed E-state index contributed by atoms with van der Waals surface area (Å²) in [5.74, 6) is -2.51. The molecule has 1 aromatic heterocycles. The number of aromatic nitrogens is 2. The van der Waals surface area contributed by atoms with Crippen LogP contribution in [0.1, 0.15) is 33.9 Å². The van der Waals surface area contributed by atoms with E-state index in [1.54, 1.807) is 22.6 Å². The number of fused-ring (bicyclic) bond motifs is 1. The van der Waals surface area contributed by atoms with Crippen molar-refractivity contribution in [3.8, 4) is 0 Å². The summed E-state index contributed by atoms with van der Waals surface area (Å²) in [5.41, 5.74) is 0.0244. The van der Waals surface area contributed by atoms with Crippen LogP contribution in [-0.4, -0.2) is 64.9 Å². The van der Waals surface area contributed by atoms with Crippen molar-refractivity contribution < 1.29 is 37.1 Å². The van der Waals surface area contributed by atoms with Crippen LogP contribution in [0.25, 0.3) is 10.9 Å². The summed E-state index contributed by atoms with van der Waals surface area (Å²) < 4.78 is 53.4. The Labute approximate surface area is 237 Å². The number of halogens is 5. The molecule has 0 aliphatic carbocycles. The summed E-state index contributed by atoms with van der Waals surface area (Å²) >= 11 is 1.67. The fraction of sp³-hybridized carbons (Fsp3) is 0.292. The Balaban J connectivity index is 1.46. The monoisotopic (exact) mass is 675 g/mol. The number of aliphatic carboxylic acids is 1. The van der Waals surface area contributed by atoms with Crippen molar-refractivity contribution in [2.24, 2.45) is 4.99 Å². The van der Waals surface area contributed by atoms with Crippen molar-refractivity contribution in [3.05, 3.63) is 56.8 Å². The number of hydrogen-bond acceptors (Lipinski definition) is 7. The zero-order chi connectivity index (χ0) is 29.0. The van der Waals surface area contributed by atoms with Gasteiger partial charge in [-0.2, -0.15) is 18.3 Å². The average molecular weight is 675 g/mol. The molecule has 0 fully saturated rings. The number of nitrogens with zero attached hydrogens (tertiary/aromatic N) is 2. The minimum Gasteiger partial charge on any atom is -0.481 e. The van der Waals surface area contributed by atoms with E-state index >= 15 is 0 Å². The number of rotatable bonds is 8. The maximum absolute atomic E-state index is 13.4. The summed E-state index contributed by atoms with van der Waals surface area (Å²) in [6.45, 7) is -0.541. The lowest BCUT2D eigenvalue weighted by molar-refractivity contribution is -0.138. The van der Waals surface area contributed by atoms with Gasteiger partial charge in [0, 0.05) is 14.5 Å². The Hall–Kier alpha value is -3.96. The van der Waals surface area contributed by atoms with Crippen LogP contribution in [0.5, 0.6) is 0 Å². The normalized spacial score (nSPS) is 16.0. The average Bonchev–Trinajstić information content (AvgIpc) is 3.36. The third-order valence-corrected chi connectivity index (χ3v) is 6.41. The van der Waals surface area contributed by atoms with Crippen LogP contribution in [0, 0.1) is 3.57 Å². The minimum atomic E-state index is -4.67. The fourth-order valence-electron chi connectivity index (χ4n) is 3.93. The van der Waals surface area contributed by atoms with Gasteiger partial charge in [-0.05, 0) is 58.5 Å². The molecule has 40 heavy (non-hydrogen) atoms. The van der Waals surface area contributed by atoms with Gasteiger partial charge >= 0.3 is 12.1 Å². The lowest BCUT2D eigenvalue weighted by Gasteiger charge is -2.20. The Morgan fingerprint density at radius 3 is 2.62 bits per heavy atom. The van der Waals surface area contributed by atoms with Crippen molar-refractivity contribution in [1.82, 2.24) is 26.1 Å². The van der Waals surface area contributed by atoms with Crippen molar-refractivity contribution in [1.29, 1.82) is 0 Å². The Morgan fingerprint density at radius 1 is 1.18 bits per heavy atom. The molecule has 2 heterocycles. The van der Waals surface area contributed by atoms with Gasteiger partial charge < -0.3 is 26.4 Å². The Bertz CT molecular complexity index is 1480. The predicted molar refractivity (Wildman–Crippen MR) is 145 cm³/mol. The maximum Gasteiger partial charge on any atom is 0.416 e. The molecule has 0 spiro atoms. The molecule has 2 amide bonds. The van der Waals surface area contributed by atoms with E-state index in [4.69, 9.17) is 0 Å². The SMILES string of the molecule is O=C(O)C[C@H](NC(=O)CNC(=O)c1cc(NC2=NCC(F)CN2)c2cn[nH]c2c1)c1cc(I)cc(C(F)(F)F)c1. The quantitative estimate of drug-likeness (QED) is 0.158.